The summed E-state index contributed by atoms with van der Waals surface area (Å²) in [5, 5.41) is 17.6. The smallest absolute Gasteiger partial charge is 0.254 e. The van der Waals surface area contributed by atoms with Gasteiger partial charge in [0.05, 0.1) is 23.0 Å². The maximum atomic E-state index is 13.2. The Morgan fingerprint density at radius 2 is 1.85 bits per heavy atom. The molecule has 1 aromatic carbocycles. The number of hydrogen-bond donors (Lipinski definition) is 4. The molecule has 8 nitrogen and oxygen atoms in total. The molecule has 2 fully saturated rings. The predicted molar refractivity (Wildman–Crippen MR) is 131 cm³/mol. The van der Waals surface area contributed by atoms with Crippen LogP contribution in [0.25, 0.3) is 10.9 Å². The number of aryl methyl sites for hydroxylation is 1. The highest BCUT2D eigenvalue weighted by Gasteiger charge is 2.35. The summed E-state index contributed by atoms with van der Waals surface area (Å²) in [6.07, 6.45) is 7.75. The topological polar surface area (TPSA) is 116 Å². The summed E-state index contributed by atoms with van der Waals surface area (Å²) < 4.78 is 0. The maximum absolute atomic E-state index is 13.2. The van der Waals surface area contributed by atoms with Crippen LogP contribution in [0.4, 0.5) is 10.7 Å². The molecule has 6 rings (SSSR count). The lowest BCUT2D eigenvalue weighted by atomic mass is 9.85. The van der Waals surface area contributed by atoms with Gasteiger partial charge in [0.15, 0.2) is 0 Å². The number of nitrogens with one attached hydrogen (secondary N) is 4. The van der Waals surface area contributed by atoms with Gasteiger partial charge in [0, 0.05) is 28.6 Å². The highest BCUT2D eigenvalue weighted by Crippen LogP contribution is 2.41. The van der Waals surface area contributed by atoms with Gasteiger partial charge >= 0.3 is 0 Å². The molecule has 34 heavy (non-hydrogen) atoms. The van der Waals surface area contributed by atoms with Gasteiger partial charge in [-0.25, -0.2) is 0 Å². The van der Waals surface area contributed by atoms with Crippen molar-refractivity contribution in [2.24, 2.45) is 17.8 Å². The van der Waals surface area contributed by atoms with Crippen molar-refractivity contribution in [3.63, 3.8) is 0 Å². The molecule has 2 aromatic heterocycles. The Kier molecular flexibility index (Phi) is 5.36. The largest absolute Gasteiger partial charge is 0.352 e. The quantitative estimate of drug-likeness (QED) is 0.414. The van der Waals surface area contributed by atoms with Crippen molar-refractivity contribution >= 4 is 50.6 Å². The van der Waals surface area contributed by atoms with Gasteiger partial charge in [0.2, 0.25) is 11.8 Å². The first kappa shape index (κ1) is 21.3. The Hall–Kier alpha value is -3.20. The molecule has 2 heterocycles. The van der Waals surface area contributed by atoms with E-state index in [0.717, 1.165) is 59.1 Å². The third-order valence-corrected chi connectivity index (χ3v) is 8.24. The van der Waals surface area contributed by atoms with Crippen LogP contribution in [0.3, 0.4) is 0 Å². The highest BCUT2D eigenvalue weighted by atomic mass is 32.1. The Morgan fingerprint density at radius 1 is 1.03 bits per heavy atom. The van der Waals surface area contributed by atoms with E-state index >= 15 is 0 Å². The number of aromatic amines is 1. The number of aromatic nitrogens is 2. The molecule has 2 saturated carbocycles. The average molecular weight is 478 g/mol. The van der Waals surface area contributed by atoms with E-state index in [9.17, 15) is 14.4 Å². The Labute approximate surface area is 200 Å². The molecule has 3 amide bonds. The second kappa shape index (κ2) is 8.54. The van der Waals surface area contributed by atoms with Crippen LogP contribution < -0.4 is 16.0 Å². The molecule has 4 N–H and O–H groups in total. The summed E-state index contributed by atoms with van der Waals surface area (Å²) in [5.74, 6) is 0.180. The monoisotopic (exact) mass is 477 g/mol. The number of fused-ring (bicyclic) bond motifs is 2. The SMILES string of the molecule is O=C(NCC1CC1)c1c(NC(=O)C2CC2)sc2c1CC(C(=O)Nc1cccc3[nH]ncc13)CC2. The van der Waals surface area contributed by atoms with Crippen LogP contribution in [0.1, 0.15) is 52.9 Å². The van der Waals surface area contributed by atoms with E-state index in [4.69, 9.17) is 0 Å². The number of anilines is 2. The van der Waals surface area contributed by atoms with Gasteiger partial charge in [0.25, 0.3) is 5.91 Å². The van der Waals surface area contributed by atoms with E-state index in [2.05, 4.69) is 26.1 Å². The number of carbonyl (C=O) groups is 3. The fraction of sp³-hybridized carbons (Fsp3) is 0.440. The number of amides is 3. The molecule has 176 valence electrons. The minimum atomic E-state index is -0.244. The van der Waals surface area contributed by atoms with Gasteiger partial charge in [0.1, 0.15) is 5.00 Å². The summed E-state index contributed by atoms with van der Waals surface area (Å²) in [6.45, 7) is 0.665. The van der Waals surface area contributed by atoms with Crippen LogP contribution >= 0.6 is 11.3 Å². The van der Waals surface area contributed by atoms with Crippen molar-refractivity contribution in [3.05, 3.63) is 40.4 Å². The summed E-state index contributed by atoms with van der Waals surface area (Å²) in [6, 6.07) is 5.67. The van der Waals surface area contributed by atoms with Crippen molar-refractivity contribution in [1.82, 2.24) is 15.5 Å². The van der Waals surface area contributed by atoms with Crippen molar-refractivity contribution in [2.45, 2.75) is 44.9 Å². The molecule has 0 spiro atoms. The van der Waals surface area contributed by atoms with Gasteiger partial charge in [-0.05, 0) is 68.6 Å². The summed E-state index contributed by atoms with van der Waals surface area (Å²) in [4.78, 5) is 40.0. The van der Waals surface area contributed by atoms with Gasteiger partial charge in [-0.15, -0.1) is 11.3 Å². The van der Waals surface area contributed by atoms with Gasteiger partial charge < -0.3 is 16.0 Å². The first-order chi connectivity index (χ1) is 16.6. The lowest BCUT2D eigenvalue weighted by Gasteiger charge is -2.22. The number of H-pyrrole nitrogens is 1. The zero-order chi connectivity index (χ0) is 23.2. The van der Waals surface area contributed by atoms with Crippen LogP contribution in [0.15, 0.2) is 24.4 Å². The van der Waals surface area contributed by atoms with Crippen LogP contribution in [0.2, 0.25) is 0 Å². The highest BCUT2D eigenvalue weighted by molar-refractivity contribution is 7.17. The van der Waals surface area contributed by atoms with Crippen molar-refractivity contribution in [1.29, 1.82) is 0 Å². The lowest BCUT2D eigenvalue weighted by molar-refractivity contribution is -0.120. The Balaban J connectivity index is 1.24. The number of nitrogens with zero attached hydrogens (tertiary/aromatic N) is 1. The molecule has 3 aromatic rings. The van der Waals surface area contributed by atoms with E-state index in [0.29, 0.717) is 35.9 Å². The normalized spacial score (nSPS) is 19.5. The summed E-state index contributed by atoms with van der Waals surface area (Å²) in [7, 11) is 0. The molecule has 9 heteroatoms. The molecule has 0 bridgehead atoms. The van der Waals surface area contributed by atoms with Gasteiger partial charge in [-0.1, -0.05) is 6.07 Å². The van der Waals surface area contributed by atoms with Crippen LogP contribution in [0.5, 0.6) is 0 Å². The summed E-state index contributed by atoms with van der Waals surface area (Å²) >= 11 is 1.50. The molecule has 0 saturated heterocycles. The molecule has 0 aliphatic heterocycles. The zero-order valence-electron chi connectivity index (χ0n) is 18.8. The fourth-order valence-electron chi connectivity index (χ4n) is 4.65. The first-order valence-electron chi connectivity index (χ1n) is 12.0. The maximum Gasteiger partial charge on any atom is 0.254 e. The van der Waals surface area contributed by atoms with Crippen molar-refractivity contribution in [3.8, 4) is 0 Å². The first-order valence-corrected chi connectivity index (χ1v) is 12.8. The van der Waals surface area contributed by atoms with E-state index in [-0.39, 0.29) is 29.6 Å². The number of carbonyl (C=O) groups excluding carboxylic acids is 3. The average Bonchev–Trinajstić information content (AvgIpc) is 3.76. The molecule has 1 unspecified atom stereocenters. The van der Waals surface area contributed by atoms with E-state index < -0.39 is 0 Å². The van der Waals surface area contributed by atoms with Crippen molar-refractivity contribution in [2.75, 3.05) is 17.2 Å². The number of hydrogen-bond acceptors (Lipinski definition) is 5. The second-order valence-corrected chi connectivity index (χ2v) is 10.8. The molecule has 3 aliphatic carbocycles. The molecule has 1 atom stereocenters. The number of benzene rings is 1. The van der Waals surface area contributed by atoms with Crippen LogP contribution in [0, 0.1) is 17.8 Å². The fourth-order valence-corrected chi connectivity index (χ4v) is 5.90. The predicted octanol–water partition coefficient (Wildman–Crippen LogP) is 3.86. The van der Waals surface area contributed by atoms with Gasteiger partial charge in [-0.3, -0.25) is 19.5 Å². The third kappa shape index (κ3) is 4.20. The van der Waals surface area contributed by atoms with Crippen molar-refractivity contribution < 1.29 is 14.4 Å². The molecular formula is C25H27N5O3S. The molecule has 0 radical (unpaired) electrons. The minimum Gasteiger partial charge on any atom is -0.352 e. The standard InChI is InChI=1S/C25H27N5O3S/c31-22(14-6-7-14)29-25-21(24(33)26-11-13-4-5-13)16-10-15(8-9-20(16)34-25)23(32)28-18-2-1-3-19-17(18)12-27-30-19/h1-3,12-15H,4-11H2,(H,26,33)(H,27,30)(H,28,32)(H,29,31). The lowest BCUT2D eigenvalue weighted by Crippen LogP contribution is -2.31. The Bertz CT molecular complexity index is 1290. The van der Waals surface area contributed by atoms with E-state index in [1.807, 2.05) is 18.2 Å². The Morgan fingerprint density at radius 3 is 2.65 bits per heavy atom. The van der Waals surface area contributed by atoms with Crippen LogP contribution in [-0.4, -0.2) is 34.5 Å². The van der Waals surface area contributed by atoms with E-state index in [1.165, 1.54) is 11.3 Å². The summed E-state index contributed by atoms with van der Waals surface area (Å²) in [5.41, 5.74) is 3.07. The third-order valence-electron chi connectivity index (χ3n) is 7.03. The second-order valence-electron chi connectivity index (χ2n) is 9.69. The minimum absolute atomic E-state index is 0.00246. The van der Waals surface area contributed by atoms with Crippen LogP contribution in [-0.2, 0) is 22.4 Å². The number of thiophene rings is 1. The van der Waals surface area contributed by atoms with Gasteiger partial charge in [-0.2, -0.15) is 5.10 Å². The number of rotatable bonds is 7. The molecular weight excluding hydrogens is 450 g/mol. The molecule has 3 aliphatic rings. The zero-order valence-corrected chi connectivity index (χ0v) is 19.6. The van der Waals surface area contributed by atoms with E-state index in [1.54, 1.807) is 6.20 Å².